The van der Waals surface area contributed by atoms with E-state index < -0.39 is 23.0 Å². The Bertz CT molecular complexity index is 720. The minimum absolute atomic E-state index is 0.199. The first-order valence-electron chi connectivity index (χ1n) is 5.53. The van der Waals surface area contributed by atoms with Crippen LogP contribution in [0.5, 0.6) is 0 Å². The summed E-state index contributed by atoms with van der Waals surface area (Å²) in [5.74, 6) is -2.72. The number of amides is 1. The van der Waals surface area contributed by atoms with E-state index in [-0.39, 0.29) is 16.3 Å². The molecule has 0 spiro atoms. The van der Waals surface area contributed by atoms with Gasteiger partial charge in [-0.3, -0.25) is 9.59 Å². The third kappa shape index (κ3) is 2.85. The maximum absolute atomic E-state index is 13.5. The summed E-state index contributed by atoms with van der Waals surface area (Å²) in [7, 11) is 0. The molecule has 1 amide bonds. The van der Waals surface area contributed by atoms with Gasteiger partial charge in [0, 0.05) is 24.0 Å². The quantitative estimate of drug-likeness (QED) is 0.895. The van der Waals surface area contributed by atoms with Gasteiger partial charge in [-0.2, -0.15) is 0 Å². The summed E-state index contributed by atoms with van der Waals surface area (Å²) in [4.78, 5) is 26.2. The number of halogens is 3. The molecule has 0 unspecified atom stereocenters. The first-order valence-corrected chi connectivity index (χ1v) is 5.91. The lowest BCUT2D eigenvalue weighted by Crippen LogP contribution is -2.22. The third-order valence-electron chi connectivity index (χ3n) is 2.55. The minimum Gasteiger partial charge on any atom is -0.364 e. The van der Waals surface area contributed by atoms with Gasteiger partial charge in [0.1, 0.15) is 11.4 Å². The van der Waals surface area contributed by atoms with Gasteiger partial charge in [0.25, 0.3) is 5.91 Å². The molecule has 2 aromatic rings. The molecule has 0 aliphatic rings. The average Bonchev–Trinajstić information content (AvgIpc) is 2.33. The van der Waals surface area contributed by atoms with E-state index in [1.54, 1.807) is 6.92 Å². The normalized spacial score (nSPS) is 10.4. The van der Waals surface area contributed by atoms with Crippen molar-refractivity contribution in [1.82, 2.24) is 4.98 Å². The zero-order valence-electron chi connectivity index (χ0n) is 10.3. The van der Waals surface area contributed by atoms with Crippen LogP contribution in [0.2, 0.25) is 5.02 Å². The van der Waals surface area contributed by atoms with Gasteiger partial charge in [-0.15, -0.1) is 0 Å². The van der Waals surface area contributed by atoms with E-state index in [1.165, 1.54) is 12.3 Å². The van der Waals surface area contributed by atoms with Crippen LogP contribution in [0.3, 0.4) is 0 Å². The van der Waals surface area contributed by atoms with Crippen molar-refractivity contribution >= 4 is 23.2 Å². The smallest absolute Gasteiger partial charge is 0.261 e. The van der Waals surface area contributed by atoms with Crippen molar-refractivity contribution in [2.45, 2.75) is 6.92 Å². The molecule has 1 heterocycles. The van der Waals surface area contributed by atoms with Crippen molar-refractivity contribution < 1.29 is 13.6 Å². The molecule has 20 heavy (non-hydrogen) atoms. The summed E-state index contributed by atoms with van der Waals surface area (Å²) in [6.07, 6.45) is 1.21. The Kier molecular flexibility index (Phi) is 3.85. The van der Waals surface area contributed by atoms with Crippen LogP contribution in [0, 0.1) is 18.6 Å². The highest BCUT2D eigenvalue weighted by Gasteiger charge is 2.16. The van der Waals surface area contributed by atoms with Gasteiger partial charge in [-0.1, -0.05) is 11.6 Å². The molecule has 104 valence electrons. The van der Waals surface area contributed by atoms with Gasteiger partial charge in [0.2, 0.25) is 0 Å². The summed E-state index contributed by atoms with van der Waals surface area (Å²) in [5, 5.41) is 1.86. The predicted octanol–water partition coefficient (Wildman–Crippen LogP) is 2.87. The molecule has 2 rings (SSSR count). The predicted molar refractivity (Wildman–Crippen MR) is 71.1 cm³/mol. The zero-order valence-corrected chi connectivity index (χ0v) is 11.0. The van der Waals surface area contributed by atoms with Crippen molar-refractivity contribution in [2.75, 3.05) is 5.32 Å². The second-order valence-electron chi connectivity index (χ2n) is 4.09. The monoisotopic (exact) mass is 298 g/mol. The molecule has 0 fully saturated rings. The van der Waals surface area contributed by atoms with Crippen molar-refractivity contribution in [3.05, 3.63) is 62.5 Å². The maximum Gasteiger partial charge on any atom is 0.261 e. The highest BCUT2D eigenvalue weighted by Crippen LogP contribution is 2.26. The number of aryl methyl sites for hydroxylation is 1. The molecule has 2 N–H and O–H groups in total. The number of carbonyl (C=O) groups excluding carboxylic acids is 1. The Morgan fingerprint density at radius 3 is 2.60 bits per heavy atom. The Hall–Kier alpha value is -2.21. The van der Waals surface area contributed by atoms with E-state index in [2.05, 4.69) is 10.3 Å². The van der Waals surface area contributed by atoms with Crippen LogP contribution in [0.15, 0.2) is 29.2 Å². The first kappa shape index (κ1) is 14.2. The fourth-order valence-electron chi connectivity index (χ4n) is 1.59. The van der Waals surface area contributed by atoms with Crippen molar-refractivity contribution in [3.63, 3.8) is 0 Å². The van der Waals surface area contributed by atoms with Crippen LogP contribution >= 0.6 is 11.6 Å². The second-order valence-corrected chi connectivity index (χ2v) is 4.50. The van der Waals surface area contributed by atoms with E-state index in [0.29, 0.717) is 11.8 Å². The summed E-state index contributed by atoms with van der Waals surface area (Å²) in [5.41, 5.74) is -0.511. The van der Waals surface area contributed by atoms with Crippen LogP contribution < -0.4 is 10.7 Å². The fraction of sp³-hybridized carbons (Fsp3) is 0.0769. The van der Waals surface area contributed by atoms with Gasteiger partial charge in [0.15, 0.2) is 11.2 Å². The van der Waals surface area contributed by atoms with E-state index in [9.17, 15) is 18.4 Å². The van der Waals surface area contributed by atoms with E-state index >= 15 is 0 Å². The zero-order chi connectivity index (χ0) is 14.9. The van der Waals surface area contributed by atoms with Crippen molar-refractivity contribution in [2.24, 2.45) is 0 Å². The highest BCUT2D eigenvalue weighted by atomic mass is 35.5. The van der Waals surface area contributed by atoms with Gasteiger partial charge in [0.05, 0.1) is 10.7 Å². The van der Waals surface area contributed by atoms with Crippen LogP contribution in [0.25, 0.3) is 0 Å². The lowest BCUT2D eigenvalue weighted by molar-refractivity contribution is 0.102. The van der Waals surface area contributed by atoms with Crippen LogP contribution in [-0.4, -0.2) is 10.9 Å². The van der Waals surface area contributed by atoms with E-state index in [1.807, 2.05) is 0 Å². The van der Waals surface area contributed by atoms with Gasteiger partial charge in [-0.05, 0) is 13.0 Å². The number of carbonyl (C=O) groups is 1. The standard InChI is InChI=1S/C13H9ClF2N2O2/c1-6-2-11(19)8(5-17-6)13(20)18-12-9(14)3-7(15)4-10(12)16/h2-5H,1H3,(H,17,19)(H,18,20). The number of hydrogen-bond donors (Lipinski definition) is 2. The van der Waals surface area contributed by atoms with Crippen molar-refractivity contribution in [1.29, 1.82) is 0 Å². The number of rotatable bonds is 2. The molecule has 0 bridgehead atoms. The van der Waals surface area contributed by atoms with Crippen LogP contribution in [-0.2, 0) is 0 Å². The molecule has 0 atom stereocenters. The maximum atomic E-state index is 13.5. The van der Waals surface area contributed by atoms with Crippen LogP contribution in [0.1, 0.15) is 16.1 Å². The largest absolute Gasteiger partial charge is 0.364 e. The van der Waals surface area contributed by atoms with Gasteiger partial charge in [-0.25, -0.2) is 8.78 Å². The summed E-state index contributed by atoms with van der Waals surface area (Å²) < 4.78 is 26.4. The Labute approximate surface area is 117 Å². The first-order chi connectivity index (χ1) is 9.38. The van der Waals surface area contributed by atoms with E-state index in [0.717, 1.165) is 6.07 Å². The molecular weight excluding hydrogens is 290 g/mol. The molecule has 4 nitrogen and oxygen atoms in total. The second kappa shape index (κ2) is 5.42. The fourth-order valence-corrected chi connectivity index (χ4v) is 1.83. The summed E-state index contributed by atoms with van der Waals surface area (Å²) in [6, 6.07) is 2.68. The SMILES string of the molecule is Cc1cc(=O)c(C(=O)Nc2c(F)cc(F)cc2Cl)c[nH]1. The van der Waals surface area contributed by atoms with Gasteiger partial charge < -0.3 is 10.3 Å². The average molecular weight is 299 g/mol. The highest BCUT2D eigenvalue weighted by molar-refractivity contribution is 6.34. The van der Waals surface area contributed by atoms with Crippen LogP contribution in [0.4, 0.5) is 14.5 Å². The lowest BCUT2D eigenvalue weighted by Gasteiger charge is -2.08. The Balaban J connectivity index is 2.35. The van der Waals surface area contributed by atoms with Gasteiger partial charge >= 0.3 is 0 Å². The number of H-pyrrole nitrogens is 1. The lowest BCUT2D eigenvalue weighted by atomic mass is 10.2. The number of aromatic amines is 1. The molecule has 0 radical (unpaired) electrons. The topological polar surface area (TPSA) is 62.0 Å². The Morgan fingerprint density at radius 1 is 1.30 bits per heavy atom. The number of anilines is 1. The molecule has 0 aliphatic carbocycles. The molecule has 1 aromatic heterocycles. The molecule has 7 heteroatoms. The van der Waals surface area contributed by atoms with Crippen molar-refractivity contribution in [3.8, 4) is 0 Å². The number of aromatic nitrogens is 1. The van der Waals surface area contributed by atoms with E-state index in [4.69, 9.17) is 11.6 Å². The number of pyridine rings is 1. The number of hydrogen-bond acceptors (Lipinski definition) is 2. The minimum atomic E-state index is -1.02. The molecule has 1 aromatic carbocycles. The Morgan fingerprint density at radius 2 is 2.00 bits per heavy atom. The molecule has 0 aliphatic heterocycles. The molecule has 0 saturated heterocycles. The third-order valence-corrected chi connectivity index (χ3v) is 2.85. The molecule has 0 saturated carbocycles. The molecular formula is C13H9ClF2N2O2. The summed E-state index contributed by atoms with van der Waals surface area (Å²) >= 11 is 5.65. The number of nitrogens with one attached hydrogen (secondary N) is 2. The number of benzene rings is 1. The summed E-state index contributed by atoms with van der Waals surface area (Å²) in [6.45, 7) is 1.65.